The van der Waals surface area contributed by atoms with Gasteiger partial charge in [0.15, 0.2) is 0 Å². The van der Waals surface area contributed by atoms with Crippen LogP contribution in [0.4, 0.5) is 0 Å². The third kappa shape index (κ3) is 3.67. The Bertz CT molecular complexity index is 379. The van der Waals surface area contributed by atoms with Crippen LogP contribution in [-0.2, 0) is 0 Å². The Morgan fingerprint density at radius 2 is 2.20 bits per heavy atom. The van der Waals surface area contributed by atoms with Gasteiger partial charge in [0, 0.05) is 8.48 Å². The van der Waals surface area contributed by atoms with Gasteiger partial charge < -0.3 is 10.2 Å². The Kier molecular flexibility index (Phi) is 4.83. The Morgan fingerprint density at radius 3 is 2.80 bits per heavy atom. The highest BCUT2D eigenvalue weighted by Crippen LogP contribution is 2.19. The highest BCUT2D eigenvalue weighted by atomic mass is 127. The van der Waals surface area contributed by atoms with E-state index in [1.807, 2.05) is 6.07 Å². The van der Waals surface area contributed by atoms with Gasteiger partial charge in [-0.1, -0.05) is 17.2 Å². The lowest BCUT2D eigenvalue weighted by atomic mass is 10.1. The summed E-state index contributed by atoms with van der Waals surface area (Å²) < 4.78 is 0.972. The molecule has 0 aromatic heterocycles. The van der Waals surface area contributed by atoms with Crippen LogP contribution in [-0.4, -0.2) is 22.9 Å². The Hall–Kier alpha value is -0.820. The largest absolute Gasteiger partial charge is 0.390 e. The standard InChI is InChI=1S/C9H10IN3O2/c10-7-3-1-2-6(4-7)9(15)8(14)5-12-13-11/h1-4,8-9,14-15H,5H2. The van der Waals surface area contributed by atoms with Gasteiger partial charge in [-0.15, -0.1) is 0 Å². The number of nitrogens with zero attached hydrogens (tertiary/aromatic N) is 3. The van der Waals surface area contributed by atoms with Crippen LogP contribution >= 0.6 is 22.6 Å². The second-order valence-electron chi connectivity index (χ2n) is 2.98. The summed E-state index contributed by atoms with van der Waals surface area (Å²) in [5.41, 5.74) is 8.69. The van der Waals surface area contributed by atoms with Gasteiger partial charge in [-0.2, -0.15) is 0 Å². The summed E-state index contributed by atoms with van der Waals surface area (Å²) in [4.78, 5) is 2.52. The lowest BCUT2D eigenvalue weighted by molar-refractivity contribution is 0.0244. The molecule has 0 radical (unpaired) electrons. The summed E-state index contributed by atoms with van der Waals surface area (Å²) in [6.07, 6.45) is -2.09. The fraction of sp³-hybridized carbons (Fsp3) is 0.333. The van der Waals surface area contributed by atoms with E-state index in [1.165, 1.54) is 0 Å². The highest BCUT2D eigenvalue weighted by Gasteiger charge is 2.17. The van der Waals surface area contributed by atoms with E-state index in [9.17, 15) is 10.2 Å². The van der Waals surface area contributed by atoms with Gasteiger partial charge >= 0.3 is 0 Å². The zero-order valence-corrected chi connectivity index (χ0v) is 9.94. The van der Waals surface area contributed by atoms with Crippen LogP contribution < -0.4 is 0 Å². The SMILES string of the molecule is [N-]=[N+]=NCC(O)C(O)c1cccc(I)c1. The molecule has 0 fully saturated rings. The van der Waals surface area contributed by atoms with E-state index in [0.717, 1.165) is 3.57 Å². The molecule has 80 valence electrons. The average Bonchev–Trinajstić information content (AvgIpc) is 2.24. The second-order valence-corrected chi connectivity index (χ2v) is 4.23. The van der Waals surface area contributed by atoms with Crippen LogP contribution in [0.15, 0.2) is 29.4 Å². The third-order valence-corrected chi connectivity index (χ3v) is 2.56. The van der Waals surface area contributed by atoms with Gasteiger partial charge in [0.05, 0.1) is 12.6 Å². The smallest absolute Gasteiger partial charge is 0.105 e. The molecule has 1 aromatic carbocycles. The van der Waals surface area contributed by atoms with Crippen molar-refractivity contribution in [3.8, 4) is 0 Å². The second kappa shape index (κ2) is 5.92. The molecular weight excluding hydrogens is 309 g/mol. The maximum Gasteiger partial charge on any atom is 0.105 e. The number of hydrogen-bond donors (Lipinski definition) is 2. The third-order valence-electron chi connectivity index (χ3n) is 1.89. The molecule has 0 saturated heterocycles. The van der Waals surface area contributed by atoms with E-state index < -0.39 is 12.2 Å². The molecule has 1 rings (SSSR count). The van der Waals surface area contributed by atoms with Crippen molar-refractivity contribution in [2.24, 2.45) is 5.11 Å². The van der Waals surface area contributed by atoms with Gasteiger partial charge in [-0.3, -0.25) is 0 Å². The Labute approximate surface area is 101 Å². The number of aliphatic hydroxyl groups excluding tert-OH is 2. The molecule has 1 aromatic rings. The Balaban J connectivity index is 2.75. The molecule has 6 heteroatoms. The van der Waals surface area contributed by atoms with Gasteiger partial charge in [0.1, 0.15) is 6.10 Å². The molecule has 0 bridgehead atoms. The molecule has 15 heavy (non-hydrogen) atoms. The first-order valence-corrected chi connectivity index (χ1v) is 5.35. The molecule has 2 N–H and O–H groups in total. The van der Waals surface area contributed by atoms with Gasteiger partial charge in [0.2, 0.25) is 0 Å². The molecule has 2 atom stereocenters. The van der Waals surface area contributed by atoms with Gasteiger partial charge in [-0.25, -0.2) is 0 Å². The minimum absolute atomic E-state index is 0.136. The van der Waals surface area contributed by atoms with Crippen molar-refractivity contribution in [2.45, 2.75) is 12.2 Å². The fourth-order valence-electron chi connectivity index (χ4n) is 1.13. The van der Waals surface area contributed by atoms with Crippen LogP contribution in [0.2, 0.25) is 0 Å². The van der Waals surface area contributed by atoms with E-state index in [2.05, 4.69) is 32.6 Å². The highest BCUT2D eigenvalue weighted by molar-refractivity contribution is 14.1. The lowest BCUT2D eigenvalue weighted by Gasteiger charge is -2.16. The average molecular weight is 319 g/mol. The summed E-state index contributed by atoms with van der Waals surface area (Å²) in [6.45, 7) is -0.136. The quantitative estimate of drug-likeness (QED) is 0.385. The van der Waals surface area contributed by atoms with E-state index >= 15 is 0 Å². The van der Waals surface area contributed by atoms with Gasteiger partial charge in [-0.05, 0) is 45.8 Å². The molecule has 2 unspecified atom stereocenters. The monoisotopic (exact) mass is 319 g/mol. The maximum atomic E-state index is 9.70. The summed E-state index contributed by atoms with van der Waals surface area (Å²) in [5.74, 6) is 0. The zero-order chi connectivity index (χ0) is 11.3. The number of aliphatic hydroxyl groups is 2. The number of benzene rings is 1. The topological polar surface area (TPSA) is 89.2 Å². The molecule has 0 amide bonds. The predicted octanol–water partition coefficient (Wildman–Crippen LogP) is 2.00. The van der Waals surface area contributed by atoms with Gasteiger partial charge in [0.25, 0.3) is 0 Å². The van der Waals surface area contributed by atoms with Crippen molar-refractivity contribution in [1.29, 1.82) is 0 Å². The molecule has 0 aliphatic heterocycles. The summed E-state index contributed by atoms with van der Waals surface area (Å²) in [6, 6.07) is 7.16. The summed E-state index contributed by atoms with van der Waals surface area (Å²) >= 11 is 2.12. The summed E-state index contributed by atoms with van der Waals surface area (Å²) in [5, 5.41) is 22.4. The van der Waals surface area contributed by atoms with Crippen molar-refractivity contribution in [3.63, 3.8) is 0 Å². The van der Waals surface area contributed by atoms with Crippen molar-refractivity contribution in [1.82, 2.24) is 0 Å². The summed E-state index contributed by atoms with van der Waals surface area (Å²) in [7, 11) is 0. The van der Waals surface area contributed by atoms with Crippen LogP contribution in [0.1, 0.15) is 11.7 Å². The van der Waals surface area contributed by atoms with Crippen molar-refractivity contribution < 1.29 is 10.2 Å². The van der Waals surface area contributed by atoms with Crippen molar-refractivity contribution in [2.75, 3.05) is 6.54 Å². The molecule has 0 aliphatic rings. The van der Waals surface area contributed by atoms with E-state index in [1.54, 1.807) is 18.2 Å². The number of halogens is 1. The molecule has 0 heterocycles. The van der Waals surface area contributed by atoms with Crippen molar-refractivity contribution >= 4 is 22.6 Å². The minimum atomic E-state index is -1.07. The molecular formula is C9H10IN3O2. The minimum Gasteiger partial charge on any atom is -0.390 e. The number of hydrogen-bond acceptors (Lipinski definition) is 3. The van der Waals surface area contributed by atoms with Crippen molar-refractivity contribution in [3.05, 3.63) is 43.8 Å². The number of rotatable bonds is 4. The first-order valence-electron chi connectivity index (χ1n) is 4.27. The molecule has 0 saturated carbocycles. The maximum absolute atomic E-state index is 9.70. The van der Waals surface area contributed by atoms with Crippen LogP contribution in [0.5, 0.6) is 0 Å². The van der Waals surface area contributed by atoms with Crippen LogP contribution in [0, 0.1) is 3.57 Å². The fourth-order valence-corrected chi connectivity index (χ4v) is 1.70. The zero-order valence-electron chi connectivity index (χ0n) is 7.79. The molecule has 0 spiro atoms. The normalized spacial score (nSPS) is 14.1. The predicted molar refractivity (Wildman–Crippen MR) is 64.1 cm³/mol. The first kappa shape index (κ1) is 12.3. The van der Waals surface area contributed by atoms with E-state index in [-0.39, 0.29) is 6.54 Å². The van der Waals surface area contributed by atoms with Crippen LogP contribution in [0.25, 0.3) is 10.4 Å². The first-order chi connectivity index (χ1) is 7.15. The number of azide groups is 1. The Morgan fingerprint density at radius 1 is 1.47 bits per heavy atom. The molecule has 5 nitrogen and oxygen atoms in total. The lowest BCUT2D eigenvalue weighted by Crippen LogP contribution is -2.21. The van der Waals surface area contributed by atoms with Crippen LogP contribution in [0.3, 0.4) is 0 Å². The van der Waals surface area contributed by atoms with E-state index in [0.29, 0.717) is 5.56 Å². The molecule has 0 aliphatic carbocycles. The van der Waals surface area contributed by atoms with E-state index in [4.69, 9.17) is 5.53 Å².